The minimum Gasteiger partial charge on any atom is -0.480 e. The normalized spacial score (nSPS) is 15.4. The molecule has 0 spiro atoms. The number of rotatable bonds is 7. The van der Waals surface area contributed by atoms with Crippen molar-refractivity contribution in [2.24, 2.45) is 0 Å². The predicted octanol–water partition coefficient (Wildman–Crippen LogP) is 3.28. The predicted molar refractivity (Wildman–Crippen MR) is 142 cm³/mol. The van der Waals surface area contributed by atoms with Crippen LogP contribution in [0.5, 0.6) is 0 Å². The van der Waals surface area contributed by atoms with E-state index in [0.717, 1.165) is 28.1 Å². The van der Waals surface area contributed by atoms with Gasteiger partial charge in [-0.15, -0.1) is 0 Å². The standard InChI is InChI=1S/C29H30N4O5/c1-19(34)32-12-14-33(15-13-32)27-11-10-20(17-30-27)16-26(28(35)36)31-29(37)38-18-25-23-8-4-2-6-21(23)22-7-3-5-9-24(22)25/h2-11,17,25-26H,12-16,18H2,1H3,(H,31,37)(H,35,36)/t26-/m0/s1. The summed E-state index contributed by atoms with van der Waals surface area (Å²) >= 11 is 0. The van der Waals surface area contributed by atoms with Crippen LogP contribution in [0.4, 0.5) is 10.6 Å². The van der Waals surface area contributed by atoms with Gasteiger partial charge in [-0.2, -0.15) is 0 Å². The molecule has 1 fully saturated rings. The van der Waals surface area contributed by atoms with Crippen LogP contribution in [0, 0.1) is 0 Å². The lowest BCUT2D eigenvalue weighted by molar-refractivity contribution is -0.139. The lowest BCUT2D eigenvalue weighted by atomic mass is 9.98. The number of hydrogen-bond donors (Lipinski definition) is 2. The van der Waals surface area contributed by atoms with Gasteiger partial charge in [-0.25, -0.2) is 14.6 Å². The van der Waals surface area contributed by atoms with Crippen LogP contribution in [0.2, 0.25) is 0 Å². The van der Waals surface area contributed by atoms with E-state index in [2.05, 4.69) is 27.3 Å². The summed E-state index contributed by atoms with van der Waals surface area (Å²) in [5, 5.41) is 12.2. The minimum absolute atomic E-state index is 0.0663. The van der Waals surface area contributed by atoms with Gasteiger partial charge >= 0.3 is 12.1 Å². The Kier molecular flexibility index (Phi) is 7.26. The van der Waals surface area contributed by atoms with Crippen LogP contribution in [0.3, 0.4) is 0 Å². The number of anilines is 1. The molecular formula is C29H30N4O5. The number of ether oxygens (including phenoxy) is 1. The molecule has 0 unspecified atom stereocenters. The Morgan fingerprint density at radius 3 is 2.16 bits per heavy atom. The summed E-state index contributed by atoms with van der Waals surface area (Å²) in [6, 6.07) is 18.6. The van der Waals surface area contributed by atoms with Gasteiger partial charge in [0.2, 0.25) is 5.91 Å². The van der Waals surface area contributed by atoms with E-state index >= 15 is 0 Å². The molecule has 1 aliphatic heterocycles. The van der Waals surface area contributed by atoms with Gasteiger partial charge < -0.3 is 25.0 Å². The zero-order valence-electron chi connectivity index (χ0n) is 21.2. The smallest absolute Gasteiger partial charge is 0.407 e. The summed E-state index contributed by atoms with van der Waals surface area (Å²) in [4.78, 5) is 44.4. The molecule has 2 heterocycles. The number of carbonyl (C=O) groups is 3. The molecule has 1 atom stereocenters. The summed E-state index contributed by atoms with van der Waals surface area (Å²) in [5.74, 6) is -0.418. The highest BCUT2D eigenvalue weighted by Gasteiger charge is 2.30. The Balaban J connectivity index is 1.17. The maximum atomic E-state index is 12.6. The molecular weight excluding hydrogens is 484 g/mol. The number of hydrogen-bond acceptors (Lipinski definition) is 6. The van der Waals surface area contributed by atoms with Crippen molar-refractivity contribution in [3.05, 3.63) is 83.6 Å². The van der Waals surface area contributed by atoms with Crippen LogP contribution in [-0.4, -0.2) is 71.8 Å². The zero-order valence-corrected chi connectivity index (χ0v) is 21.2. The van der Waals surface area contributed by atoms with Crippen LogP contribution < -0.4 is 10.2 Å². The fraction of sp³-hybridized carbons (Fsp3) is 0.310. The van der Waals surface area contributed by atoms with Crippen molar-refractivity contribution < 1.29 is 24.2 Å². The van der Waals surface area contributed by atoms with Crippen molar-refractivity contribution in [3.63, 3.8) is 0 Å². The third kappa shape index (κ3) is 5.32. The molecule has 9 nitrogen and oxygen atoms in total. The Morgan fingerprint density at radius 1 is 0.974 bits per heavy atom. The van der Waals surface area contributed by atoms with Gasteiger partial charge in [0.15, 0.2) is 0 Å². The van der Waals surface area contributed by atoms with Crippen LogP contribution in [-0.2, 0) is 20.7 Å². The minimum atomic E-state index is -1.16. The number of pyridine rings is 1. The van der Waals surface area contributed by atoms with Gasteiger partial charge in [-0.1, -0.05) is 54.6 Å². The molecule has 0 bridgehead atoms. The van der Waals surface area contributed by atoms with Crippen molar-refractivity contribution in [1.29, 1.82) is 0 Å². The second-order valence-electron chi connectivity index (χ2n) is 9.58. The summed E-state index contributed by atoms with van der Waals surface area (Å²) in [7, 11) is 0. The highest BCUT2D eigenvalue weighted by atomic mass is 16.5. The number of carboxylic acids is 1. The maximum absolute atomic E-state index is 12.6. The van der Waals surface area contributed by atoms with Gasteiger partial charge in [0.1, 0.15) is 18.5 Å². The van der Waals surface area contributed by atoms with E-state index in [1.165, 1.54) is 0 Å². The lowest BCUT2D eigenvalue weighted by Crippen LogP contribution is -2.48. The molecule has 2 N–H and O–H groups in total. The second kappa shape index (κ2) is 10.9. The van der Waals surface area contributed by atoms with Crippen LogP contribution >= 0.6 is 0 Å². The first-order valence-electron chi connectivity index (χ1n) is 12.7. The van der Waals surface area contributed by atoms with Crippen LogP contribution in [0.25, 0.3) is 11.1 Å². The van der Waals surface area contributed by atoms with Crippen molar-refractivity contribution in [3.8, 4) is 11.1 Å². The molecule has 196 valence electrons. The third-order valence-electron chi connectivity index (χ3n) is 7.23. The van der Waals surface area contributed by atoms with E-state index in [0.29, 0.717) is 31.7 Å². The topological polar surface area (TPSA) is 112 Å². The summed E-state index contributed by atoms with van der Waals surface area (Å²) in [6.07, 6.45) is 0.930. The molecule has 1 saturated heterocycles. The third-order valence-corrected chi connectivity index (χ3v) is 7.23. The van der Waals surface area contributed by atoms with E-state index in [-0.39, 0.29) is 24.9 Å². The molecule has 0 saturated carbocycles. The number of benzene rings is 2. The number of piperazine rings is 1. The van der Waals surface area contributed by atoms with Crippen molar-refractivity contribution in [2.45, 2.75) is 25.3 Å². The number of nitrogens with zero attached hydrogens (tertiary/aromatic N) is 3. The maximum Gasteiger partial charge on any atom is 0.407 e. The first kappa shape index (κ1) is 25.3. The molecule has 0 radical (unpaired) electrons. The quantitative estimate of drug-likeness (QED) is 0.498. The number of carbonyl (C=O) groups excluding carboxylic acids is 2. The Labute approximate surface area is 221 Å². The molecule has 2 aliphatic rings. The first-order valence-corrected chi connectivity index (χ1v) is 12.7. The Bertz CT molecular complexity index is 1290. The molecule has 1 aromatic heterocycles. The monoisotopic (exact) mass is 514 g/mol. The molecule has 38 heavy (non-hydrogen) atoms. The van der Waals surface area contributed by atoms with Crippen LogP contribution in [0.15, 0.2) is 66.9 Å². The average Bonchev–Trinajstić information content (AvgIpc) is 3.25. The van der Waals surface area contributed by atoms with E-state index < -0.39 is 18.1 Å². The van der Waals surface area contributed by atoms with Gasteiger partial charge in [0.25, 0.3) is 0 Å². The van der Waals surface area contributed by atoms with Gasteiger partial charge in [0, 0.05) is 51.6 Å². The summed E-state index contributed by atoms with van der Waals surface area (Å²) in [5.41, 5.74) is 5.10. The molecule has 5 rings (SSSR count). The molecule has 9 heteroatoms. The largest absolute Gasteiger partial charge is 0.480 e. The highest BCUT2D eigenvalue weighted by Crippen LogP contribution is 2.44. The highest BCUT2D eigenvalue weighted by molar-refractivity contribution is 5.81. The summed E-state index contributed by atoms with van der Waals surface area (Å²) < 4.78 is 5.52. The van der Waals surface area contributed by atoms with E-state index in [1.54, 1.807) is 18.0 Å². The number of nitrogens with one attached hydrogen (secondary N) is 1. The fourth-order valence-electron chi connectivity index (χ4n) is 5.19. The fourth-order valence-corrected chi connectivity index (χ4v) is 5.19. The molecule has 3 aromatic rings. The second-order valence-corrected chi connectivity index (χ2v) is 9.58. The first-order chi connectivity index (χ1) is 18.4. The Hall–Kier alpha value is -4.40. The Morgan fingerprint density at radius 2 is 1.61 bits per heavy atom. The van der Waals surface area contributed by atoms with Crippen molar-refractivity contribution in [1.82, 2.24) is 15.2 Å². The van der Waals surface area contributed by atoms with E-state index in [1.807, 2.05) is 48.5 Å². The number of fused-ring (bicyclic) bond motifs is 3. The number of aromatic nitrogens is 1. The van der Waals surface area contributed by atoms with E-state index in [9.17, 15) is 19.5 Å². The lowest BCUT2D eigenvalue weighted by Gasteiger charge is -2.34. The number of aliphatic carboxylic acids is 1. The number of amides is 2. The molecule has 2 aromatic carbocycles. The van der Waals surface area contributed by atoms with E-state index in [4.69, 9.17) is 4.74 Å². The van der Waals surface area contributed by atoms with Crippen molar-refractivity contribution in [2.75, 3.05) is 37.7 Å². The summed E-state index contributed by atoms with van der Waals surface area (Å²) in [6.45, 7) is 4.34. The number of carboxylic acid groups (broad SMARTS) is 1. The van der Waals surface area contributed by atoms with Crippen molar-refractivity contribution >= 4 is 23.8 Å². The van der Waals surface area contributed by atoms with Gasteiger partial charge in [-0.3, -0.25) is 4.79 Å². The van der Waals surface area contributed by atoms with Gasteiger partial charge in [0.05, 0.1) is 0 Å². The zero-order chi connectivity index (χ0) is 26.6. The van der Waals surface area contributed by atoms with Gasteiger partial charge in [-0.05, 0) is 33.9 Å². The number of alkyl carbamates (subject to hydrolysis) is 1. The average molecular weight is 515 g/mol. The van der Waals surface area contributed by atoms with Crippen LogP contribution in [0.1, 0.15) is 29.5 Å². The SMILES string of the molecule is CC(=O)N1CCN(c2ccc(C[C@H](NC(=O)OCC3c4ccccc4-c4ccccc43)C(=O)O)cn2)CC1. The molecule has 2 amide bonds. The molecule has 1 aliphatic carbocycles.